The number of carboxylic acid groups (broad SMARTS) is 2. The van der Waals surface area contributed by atoms with Crippen molar-refractivity contribution in [3.63, 3.8) is 0 Å². The standard InChI is InChI=1S/C30H48O5/c1-25(2)14-16-30(24(33)34)17-15-28(6)19(20(30)18-25)8-9-22-27(5,12-11-23(31)32)21(26(3,4)35)10-13-29(22,28)7/h8,20-22,35H,9-18H2,1-7H3,(H,31,32)(H,33,34)/t20-,21-,22+,27-,28+,29+,30-/m0/s1. The summed E-state index contributed by atoms with van der Waals surface area (Å²) >= 11 is 0. The summed E-state index contributed by atoms with van der Waals surface area (Å²) in [5.74, 6) is -1.05. The maximum atomic E-state index is 12.8. The largest absolute Gasteiger partial charge is 0.481 e. The molecule has 0 radical (unpaired) electrons. The highest BCUT2D eigenvalue weighted by Gasteiger charge is 2.68. The van der Waals surface area contributed by atoms with E-state index in [1.54, 1.807) is 0 Å². The highest BCUT2D eigenvalue weighted by molar-refractivity contribution is 5.76. The quantitative estimate of drug-likeness (QED) is 0.375. The number of hydrogen-bond acceptors (Lipinski definition) is 3. The lowest BCUT2D eigenvalue weighted by Gasteiger charge is -2.69. The average molecular weight is 489 g/mol. The molecule has 7 atom stereocenters. The zero-order chi connectivity index (χ0) is 26.2. The lowest BCUT2D eigenvalue weighted by atomic mass is 9.35. The fourth-order valence-corrected chi connectivity index (χ4v) is 9.88. The van der Waals surface area contributed by atoms with Crippen molar-refractivity contribution in [2.24, 2.45) is 44.8 Å². The summed E-state index contributed by atoms with van der Waals surface area (Å²) in [5.41, 5.74) is -0.490. The van der Waals surface area contributed by atoms with E-state index in [9.17, 15) is 24.9 Å². The number of fused-ring (bicyclic) bond motifs is 5. The summed E-state index contributed by atoms with van der Waals surface area (Å²) in [5, 5.41) is 31.3. The minimum Gasteiger partial charge on any atom is -0.481 e. The Morgan fingerprint density at radius 2 is 1.63 bits per heavy atom. The van der Waals surface area contributed by atoms with Gasteiger partial charge in [0, 0.05) is 6.42 Å². The molecule has 0 aromatic carbocycles. The van der Waals surface area contributed by atoms with Crippen molar-refractivity contribution in [3.05, 3.63) is 11.6 Å². The first-order valence-corrected chi connectivity index (χ1v) is 13.8. The number of aliphatic hydroxyl groups is 1. The Labute approximate surface area is 211 Å². The molecule has 0 spiro atoms. The van der Waals surface area contributed by atoms with Crippen LogP contribution in [0.3, 0.4) is 0 Å². The third kappa shape index (κ3) is 3.81. The predicted molar refractivity (Wildman–Crippen MR) is 137 cm³/mol. The van der Waals surface area contributed by atoms with Crippen LogP contribution in [0.25, 0.3) is 0 Å². The van der Waals surface area contributed by atoms with E-state index in [0.29, 0.717) is 6.42 Å². The Bertz CT molecular complexity index is 928. The van der Waals surface area contributed by atoms with Crippen LogP contribution in [-0.2, 0) is 9.59 Å². The first kappa shape index (κ1) is 26.7. The molecule has 0 amide bonds. The van der Waals surface area contributed by atoms with Gasteiger partial charge in [0.2, 0.25) is 0 Å². The van der Waals surface area contributed by atoms with E-state index in [2.05, 4.69) is 40.7 Å². The highest BCUT2D eigenvalue weighted by atomic mass is 16.4. The highest BCUT2D eigenvalue weighted by Crippen LogP contribution is 2.74. The zero-order valence-corrected chi connectivity index (χ0v) is 23.0. The van der Waals surface area contributed by atoms with E-state index in [1.165, 1.54) is 5.57 Å². The second kappa shape index (κ2) is 8.07. The predicted octanol–water partition coefficient (Wildman–Crippen LogP) is 6.69. The van der Waals surface area contributed by atoms with Gasteiger partial charge >= 0.3 is 11.9 Å². The molecule has 3 saturated carbocycles. The summed E-state index contributed by atoms with van der Waals surface area (Å²) in [4.78, 5) is 24.4. The molecular weight excluding hydrogens is 440 g/mol. The first-order chi connectivity index (χ1) is 15.9. The molecule has 4 aliphatic carbocycles. The van der Waals surface area contributed by atoms with E-state index >= 15 is 0 Å². The Kier molecular flexibility index (Phi) is 6.15. The fraction of sp³-hybridized carbons (Fsp3) is 0.867. The molecule has 5 nitrogen and oxygen atoms in total. The van der Waals surface area contributed by atoms with E-state index in [0.717, 1.165) is 51.4 Å². The lowest BCUT2D eigenvalue weighted by molar-refractivity contribution is -0.190. The van der Waals surface area contributed by atoms with Crippen LogP contribution in [0.5, 0.6) is 0 Å². The maximum absolute atomic E-state index is 12.8. The van der Waals surface area contributed by atoms with Crippen LogP contribution >= 0.6 is 0 Å². The second-order valence-corrected chi connectivity index (χ2v) is 14.7. The van der Waals surface area contributed by atoms with Crippen LogP contribution < -0.4 is 0 Å². The fourth-order valence-electron chi connectivity index (χ4n) is 9.88. The molecule has 0 saturated heterocycles. The van der Waals surface area contributed by atoms with Crippen LogP contribution in [0.4, 0.5) is 0 Å². The molecule has 0 aliphatic heterocycles. The van der Waals surface area contributed by atoms with Crippen LogP contribution in [0.15, 0.2) is 11.6 Å². The average Bonchev–Trinajstić information content (AvgIpc) is 2.71. The van der Waals surface area contributed by atoms with E-state index in [4.69, 9.17) is 0 Å². The SMILES string of the molecule is CC1(C)CC[C@]2(C(=O)O)CC[C@]3(C)C(=CC[C@@H]4[C@@](C)(CCC(=O)O)[C@H](C(C)(C)O)CC[C@]43C)[C@@H]2C1. The Hall–Kier alpha value is -1.36. The monoisotopic (exact) mass is 488 g/mol. The topological polar surface area (TPSA) is 94.8 Å². The molecule has 0 aromatic heterocycles. The number of aliphatic carboxylic acids is 2. The van der Waals surface area contributed by atoms with Crippen LogP contribution in [0.1, 0.15) is 113 Å². The summed E-state index contributed by atoms with van der Waals surface area (Å²) in [6.45, 7) is 15.4. The lowest BCUT2D eigenvalue weighted by Crippen LogP contribution is -2.63. The molecule has 0 aromatic rings. The van der Waals surface area contributed by atoms with Gasteiger partial charge in [-0.2, -0.15) is 0 Å². The minimum absolute atomic E-state index is 0.0290. The maximum Gasteiger partial charge on any atom is 0.310 e. The van der Waals surface area contributed by atoms with Gasteiger partial charge in [-0.1, -0.05) is 46.3 Å². The van der Waals surface area contributed by atoms with Crippen molar-refractivity contribution >= 4 is 11.9 Å². The van der Waals surface area contributed by atoms with Gasteiger partial charge in [-0.25, -0.2) is 0 Å². The van der Waals surface area contributed by atoms with Crippen LogP contribution in [0, 0.1) is 44.8 Å². The summed E-state index contributed by atoms with van der Waals surface area (Å²) in [6, 6.07) is 0. The molecule has 4 aliphatic rings. The van der Waals surface area contributed by atoms with Crippen molar-refractivity contribution in [1.29, 1.82) is 0 Å². The van der Waals surface area contributed by atoms with Crippen molar-refractivity contribution in [2.75, 3.05) is 0 Å². The van der Waals surface area contributed by atoms with Crippen LogP contribution in [-0.4, -0.2) is 32.9 Å². The van der Waals surface area contributed by atoms with Gasteiger partial charge in [-0.3, -0.25) is 9.59 Å². The van der Waals surface area contributed by atoms with E-state index in [-0.39, 0.29) is 45.8 Å². The van der Waals surface area contributed by atoms with E-state index in [1.807, 2.05) is 13.8 Å². The molecule has 35 heavy (non-hydrogen) atoms. The van der Waals surface area contributed by atoms with Crippen molar-refractivity contribution < 1.29 is 24.9 Å². The molecule has 0 unspecified atom stereocenters. The Morgan fingerprint density at radius 1 is 1.00 bits per heavy atom. The molecule has 5 heteroatoms. The van der Waals surface area contributed by atoms with Gasteiger partial charge in [0.1, 0.15) is 0 Å². The first-order valence-electron chi connectivity index (χ1n) is 13.8. The normalized spacial score (nSPS) is 44.9. The van der Waals surface area contributed by atoms with Gasteiger partial charge in [-0.05, 0) is 111 Å². The van der Waals surface area contributed by atoms with Crippen LogP contribution in [0.2, 0.25) is 0 Å². The van der Waals surface area contributed by atoms with Gasteiger partial charge in [0.05, 0.1) is 11.0 Å². The van der Waals surface area contributed by atoms with Gasteiger partial charge < -0.3 is 15.3 Å². The van der Waals surface area contributed by atoms with Crippen molar-refractivity contribution in [2.45, 2.75) is 118 Å². The minimum atomic E-state index is -0.877. The molecule has 3 fully saturated rings. The van der Waals surface area contributed by atoms with E-state index < -0.39 is 23.0 Å². The Balaban J connectivity index is 1.82. The molecular formula is C30H48O5. The number of carbonyl (C=O) groups is 2. The van der Waals surface area contributed by atoms with Crippen molar-refractivity contribution in [1.82, 2.24) is 0 Å². The molecule has 0 bridgehead atoms. The second-order valence-electron chi connectivity index (χ2n) is 14.7. The third-order valence-electron chi connectivity index (χ3n) is 12.1. The Morgan fingerprint density at radius 3 is 2.20 bits per heavy atom. The molecule has 0 heterocycles. The molecule has 3 N–H and O–H groups in total. The number of rotatable bonds is 5. The molecule has 198 valence electrons. The van der Waals surface area contributed by atoms with Crippen molar-refractivity contribution in [3.8, 4) is 0 Å². The smallest absolute Gasteiger partial charge is 0.310 e. The number of carboxylic acids is 2. The van der Waals surface area contributed by atoms with Gasteiger partial charge in [0.25, 0.3) is 0 Å². The summed E-state index contributed by atoms with van der Waals surface area (Å²) < 4.78 is 0. The number of hydrogen-bond donors (Lipinski definition) is 3. The number of allylic oxidation sites excluding steroid dienone is 2. The van der Waals surface area contributed by atoms with Gasteiger partial charge in [-0.15, -0.1) is 0 Å². The van der Waals surface area contributed by atoms with Gasteiger partial charge in [0.15, 0.2) is 0 Å². The zero-order valence-electron chi connectivity index (χ0n) is 23.0. The third-order valence-corrected chi connectivity index (χ3v) is 12.1. The summed E-state index contributed by atoms with van der Waals surface area (Å²) in [6.07, 6.45) is 9.99. The summed E-state index contributed by atoms with van der Waals surface area (Å²) in [7, 11) is 0. The molecule has 4 rings (SSSR count).